The molecule has 1 unspecified atom stereocenters. The van der Waals surface area contributed by atoms with E-state index in [2.05, 4.69) is 6.92 Å². The molecule has 0 N–H and O–H groups in total. The molecule has 1 saturated heterocycles. The smallest absolute Gasteiger partial charge is 0.223 e. The van der Waals surface area contributed by atoms with Gasteiger partial charge in [-0.05, 0) is 43.0 Å². The number of amides is 1. The highest BCUT2D eigenvalue weighted by atomic mass is 35.5. The highest BCUT2D eigenvalue weighted by Crippen LogP contribution is 2.17. The van der Waals surface area contributed by atoms with E-state index in [1.165, 1.54) is 6.42 Å². The minimum Gasteiger partial charge on any atom is -0.342 e. The molecular formula is C16H20ClNO2. The molecule has 1 fully saturated rings. The summed E-state index contributed by atoms with van der Waals surface area (Å²) in [4.78, 5) is 26.0. The first-order chi connectivity index (χ1) is 9.56. The predicted molar refractivity (Wildman–Crippen MR) is 80.0 cm³/mol. The highest BCUT2D eigenvalue weighted by Gasteiger charge is 2.21. The van der Waals surface area contributed by atoms with E-state index in [0.717, 1.165) is 19.5 Å². The van der Waals surface area contributed by atoms with Crippen LogP contribution in [0.25, 0.3) is 0 Å². The molecule has 1 aromatic rings. The fourth-order valence-electron chi connectivity index (χ4n) is 2.57. The number of Topliss-reactive ketones (excluding diaryl/α,β-unsaturated/α-hetero) is 1. The number of carbonyl (C=O) groups is 2. The van der Waals surface area contributed by atoms with Crippen LogP contribution in [0.4, 0.5) is 0 Å². The molecule has 0 aliphatic carbocycles. The first kappa shape index (κ1) is 15.0. The van der Waals surface area contributed by atoms with Gasteiger partial charge in [-0.1, -0.05) is 18.5 Å². The van der Waals surface area contributed by atoms with Crippen molar-refractivity contribution in [2.45, 2.75) is 32.6 Å². The van der Waals surface area contributed by atoms with Crippen LogP contribution in [0.1, 0.15) is 43.0 Å². The third-order valence-corrected chi connectivity index (χ3v) is 3.99. The monoisotopic (exact) mass is 293 g/mol. The Hall–Kier alpha value is -1.35. The molecule has 0 saturated carbocycles. The molecule has 1 atom stereocenters. The number of nitrogens with zero attached hydrogens (tertiary/aromatic N) is 1. The average molecular weight is 294 g/mol. The van der Waals surface area contributed by atoms with Gasteiger partial charge in [0.05, 0.1) is 0 Å². The Labute approximate surface area is 124 Å². The van der Waals surface area contributed by atoms with E-state index in [9.17, 15) is 9.59 Å². The Balaban J connectivity index is 1.83. The van der Waals surface area contributed by atoms with Gasteiger partial charge >= 0.3 is 0 Å². The summed E-state index contributed by atoms with van der Waals surface area (Å²) in [6.45, 7) is 3.82. The zero-order valence-electron chi connectivity index (χ0n) is 11.8. The number of likely N-dealkylation sites (tertiary alicyclic amines) is 1. The summed E-state index contributed by atoms with van der Waals surface area (Å²) in [7, 11) is 0. The third kappa shape index (κ3) is 4.07. The van der Waals surface area contributed by atoms with Crippen molar-refractivity contribution in [3.8, 4) is 0 Å². The summed E-state index contributed by atoms with van der Waals surface area (Å²) in [5.41, 5.74) is 0.620. The summed E-state index contributed by atoms with van der Waals surface area (Å²) in [6.07, 6.45) is 2.82. The molecule has 2 rings (SSSR count). The molecule has 1 aliphatic heterocycles. The Morgan fingerprint density at radius 1 is 1.25 bits per heavy atom. The fraction of sp³-hybridized carbons (Fsp3) is 0.500. The van der Waals surface area contributed by atoms with Gasteiger partial charge in [-0.25, -0.2) is 0 Å². The van der Waals surface area contributed by atoms with E-state index in [1.54, 1.807) is 24.3 Å². The zero-order valence-corrected chi connectivity index (χ0v) is 12.5. The van der Waals surface area contributed by atoms with E-state index >= 15 is 0 Å². The molecule has 0 radical (unpaired) electrons. The van der Waals surface area contributed by atoms with Crippen molar-refractivity contribution in [1.29, 1.82) is 0 Å². The lowest BCUT2D eigenvalue weighted by Gasteiger charge is -2.31. The molecule has 0 aromatic heterocycles. The van der Waals surface area contributed by atoms with Crippen LogP contribution in [-0.2, 0) is 4.79 Å². The summed E-state index contributed by atoms with van der Waals surface area (Å²) >= 11 is 5.79. The lowest BCUT2D eigenvalue weighted by atomic mass is 9.99. The zero-order chi connectivity index (χ0) is 14.5. The lowest BCUT2D eigenvalue weighted by molar-refractivity contribution is -0.132. The Kier molecular flexibility index (Phi) is 5.18. The summed E-state index contributed by atoms with van der Waals surface area (Å²) in [5.74, 6) is 0.665. The van der Waals surface area contributed by atoms with Gasteiger partial charge in [-0.2, -0.15) is 0 Å². The van der Waals surface area contributed by atoms with Gasteiger partial charge in [0.25, 0.3) is 0 Å². The van der Waals surface area contributed by atoms with Crippen LogP contribution >= 0.6 is 11.6 Å². The number of hydrogen-bond acceptors (Lipinski definition) is 2. The minimum atomic E-state index is 0.0000691. The molecule has 0 bridgehead atoms. The maximum absolute atomic E-state index is 12.1. The normalized spacial score (nSPS) is 18.9. The molecular weight excluding hydrogens is 274 g/mol. The van der Waals surface area contributed by atoms with Crippen molar-refractivity contribution in [2.75, 3.05) is 13.1 Å². The second-order valence-corrected chi connectivity index (χ2v) is 5.95. The van der Waals surface area contributed by atoms with Gasteiger partial charge in [0, 0.05) is 36.5 Å². The summed E-state index contributed by atoms with van der Waals surface area (Å²) in [5, 5.41) is 0.611. The van der Waals surface area contributed by atoms with Crippen molar-refractivity contribution < 1.29 is 9.59 Å². The van der Waals surface area contributed by atoms with Crippen LogP contribution in [0.2, 0.25) is 5.02 Å². The van der Waals surface area contributed by atoms with Crippen LogP contribution < -0.4 is 0 Å². The van der Waals surface area contributed by atoms with Gasteiger partial charge in [0.15, 0.2) is 5.78 Å². The number of ketones is 1. The predicted octanol–water partition coefficient (Wildman–Crippen LogP) is 3.56. The van der Waals surface area contributed by atoms with Crippen molar-refractivity contribution >= 4 is 23.3 Å². The largest absolute Gasteiger partial charge is 0.342 e. The maximum atomic E-state index is 12.1. The first-order valence-electron chi connectivity index (χ1n) is 7.13. The topological polar surface area (TPSA) is 37.4 Å². The minimum absolute atomic E-state index is 0.0000691. The van der Waals surface area contributed by atoms with Crippen LogP contribution in [0.3, 0.4) is 0 Å². The first-order valence-corrected chi connectivity index (χ1v) is 7.50. The third-order valence-electron chi connectivity index (χ3n) is 3.74. The van der Waals surface area contributed by atoms with Gasteiger partial charge in [-0.3, -0.25) is 9.59 Å². The highest BCUT2D eigenvalue weighted by molar-refractivity contribution is 6.30. The SMILES string of the molecule is CC1CCCN(C(=O)CCC(=O)c2ccc(Cl)cc2)C1. The standard InChI is InChI=1S/C16H20ClNO2/c1-12-3-2-10-18(11-12)16(20)9-8-15(19)13-4-6-14(17)7-5-13/h4-7,12H,2-3,8-11H2,1H3. The second kappa shape index (κ2) is 6.89. The molecule has 4 heteroatoms. The molecule has 1 heterocycles. The Morgan fingerprint density at radius 2 is 1.95 bits per heavy atom. The van der Waals surface area contributed by atoms with E-state index in [1.807, 2.05) is 4.90 Å². The van der Waals surface area contributed by atoms with Gasteiger partial charge < -0.3 is 4.90 Å². The number of hydrogen-bond donors (Lipinski definition) is 0. The maximum Gasteiger partial charge on any atom is 0.223 e. The van der Waals surface area contributed by atoms with E-state index in [0.29, 0.717) is 22.9 Å². The number of rotatable bonds is 4. The number of piperidine rings is 1. The lowest BCUT2D eigenvalue weighted by Crippen LogP contribution is -2.39. The Morgan fingerprint density at radius 3 is 2.60 bits per heavy atom. The van der Waals surface area contributed by atoms with Crippen molar-refractivity contribution in [2.24, 2.45) is 5.92 Å². The van der Waals surface area contributed by atoms with Crippen molar-refractivity contribution in [3.63, 3.8) is 0 Å². The molecule has 1 aromatic carbocycles. The van der Waals surface area contributed by atoms with Crippen molar-refractivity contribution in [3.05, 3.63) is 34.9 Å². The van der Waals surface area contributed by atoms with Gasteiger partial charge in [-0.15, -0.1) is 0 Å². The van der Waals surface area contributed by atoms with Crippen LogP contribution in [0.15, 0.2) is 24.3 Å². The van der Waals surface area contributed by atoms with E-state index in [-0.39, 0.29) is 18.1 Å². The van der Waals surface area contributed by atoms with Crippen LogP contribution in [-0.4, -0.2) is 29.7 Å². The van der Waals surface area contributed by atoms with E-state index < -0.39 is 0 Å². The second-order valence-electron chi connectivity index (χ2n) is 5.52. The molecule has 1 aliphatic rings. The molecule has 108 valence electrons. The summed E-state index contributed by atoms with van der Waals surface area (Å²) < 4.78 is 0. The van der Waals surface area contributed by atoms with E-state index in [4.69, 9.17) is 11.6 Å². The Bertz CT molecular complexity index is 484. The van der Waals surface area contributed by atoms with Crippen molar-refractivity contribution in [1.82, 2.24) is 4.90 Å². The average Bonchev–Trinajstić information content (AvgIpc) is 2.45. The van der Waals surface area contributed by atoms with Gasteiger partial charge in [0.2, 0.25) is 5.91 Å². The fourth-order valence-corrected chi connectivity index (χ4v) is 2.70. The van der Waals surface area contributed by atoms with Gasteiger partial charge in [0.1, 0.15) is 0 Å². The number of benzene rings is 1. The molecule has 20 heavy (non-hydrogen) atoms. The quantitative estimate of drug-likeness (QED) is 0.796. The molecule has 3 nitrogen and oxygen atoms in total. The van der Waals surface area contributed by atoms with Crippen LogP contribution in [0, 0.1) is 5.92 Å². The van der Waals surface area contributed by atoms with Crippen LogP contribution in [0.5, 0.6) is 0 Å². The summed E-state index contributed by atoms with van der Waals surface area (Å²) in [6, 6.07) is 6.81. The number of halogens is 1. The molecule has 0 spiro atoms. The molecule has 1 amide bonds. The number of carbonyl (C=O) groups excluding carboxylic acids is 2.